The van der Waals surface area contributed by atoms with E-state index in [1.165, 1.54) is 7.11 Å². The van der Waals surface area contributed by atoms with Crippen LogP contribution in [0.2, 0.25) is 0 Å². The number of hydrogen-bond acceptors (Lipinski definition) is 3. The van der Waals surface area contributed by atoms with Crippen LogP contribution in [0.1, 0.15) is 41.2 Å². The maximum atomic E-state index is 12.6. The van der Waals surface area contributed by atoms with Crippen LogP contribution in [-0.4, -0.2) is 28.2 Å². The first-order valence-corrected chi connectivity index (χ1v) is 7.45. The summed E-state index contributed by atoms with van der Waals surface area (Å²) in [4.78, 5) is 30.1. The molecule has 0 radical (unpaired) electrons. The summed E-state index contributed by atoms with van der Waals surface area (Å²) in [7, 11) is 1.44. The number of hydrogen-bond donors (Lipinski definition) is 3. The van der Waals surface area contributed by atoms with Gasteiger partial charge in [-0.05, 0) is 44.6 Å². The van der Waals surface area contributed by atoms with Crippen molar-refractivity contribution in [3.05, 3.63) is 62.7 Å². The van der Waals surface area contributed by atoms with E-state index in [4.69, 9.17) is 4.74 Å². The van der Waals surface area contributed by atoms with Gasteiger partial charge in [0.2, 0.25) is 5.43 Å². The summed E-state index contributed by atoms with van der Waals surface area (Å²) in [5.74, 6) is -1.00. The molecule has 6 nitrogen and oxygen atoms in total. The molecule has 24 heavy (non-hydrogen) atoms. The average Bonchev–Trinajstić information content (AvgIpc) is 3.03. The van der Waals surface area contributed by atoms with Crippen LogP contribution < -0.4 is 10.2 Å². The number of aromatic nitrogens is 2. The summed E-state index contributed by atoms with van der Waals surface area (Å²) in [6.07, 6.45) is 7.15. The average molecular weight is 328 g/mol. The minimum atomic E-state index is -1.27. The van der Waals surface area contributed by atoms with E-state index in [0.717, 1.165) is 11.3 Å². The molecule has 0 amide bonds. The van der Waals surface area contributed by atoms with Gasteiger partial charge in [0.25, 0.3) is 0 Å². The first-order valence-electron chi connectivity index (χ1n) is 7.45. The lowest BCUT2D eigenvalue weighted by atomic mass is 10.0. The Balaban J connectivity index is 2.59. The Morgan fingerprint density at radius 2 is 2.08 bits per heavy atom. The third-order valence-electron chi connectivity index (χ3n) is 3.48. The number of carbonyl (C=O) groups is 1. The van der Waals surface area contributed by atoms with E-state index in [-0.39, 0.29) is 17.1 Å². The lowest BCUT2D eigenvalue weighted by molar-refractivity contribution is 0.0694. The zero-order chi connectivity index (χ0) is 17.7. The summed E-state index contributed by atoms with van der Waals surface area (Å²) >= 11 is 0. The smallest absolute Gasteiger partial charge is 0.341 e. The minimum absolute atomic E-state index is 0.194. The van der Waals surface area contributed by atoms with Crippen molar-refractivity contribution in [1.29, 1.82) is 0 Å². The molecule has 0 aliphatic heterocycles. The number of carboxylic acid groups (broad SMARTS) is 1. The van der Waals surface area contributed by atoms with Gasteiger partial charge >= 0.3 is 5.97 Å². The van der Waals surface area contributed by atoms with Crippen molar-refractivity contribution in [2.45, 2.75) is 20.3 Å². The van der Waals surface area contributed by atoms with Gasteiger partial charge < -0.3 is 19.8 Å². The molecule has 6 heteroatoms. The van der Waals surface area contributed by atoms with Gasteiger partial charge in [-0.2, -0.15) is 0 Å². The molecule has 126 valence electrons. The zero-order valence-electron chi connectivity index (χ0n) is 13.8. The number of rotatable bonds is 6. The van der Waals surface area contributed by atoms with Gasteiger partial charge in [0.1, 0.15) is 5.56 Å². The number of nitrogens with one attached hydrogen (secondary N) is 2. The number of methoxy groups -OCH3 is 1. The van der Waals surface area contributed by atoms with Crippen LogP contribution in [0.5, 0.6) is 5.88 Å². The number of aromatic carboxylic acids is 1. The Bertz CT molecular complexity index is 839. The van der Waals surface area contributed by atoms with Crippen LogP contribution in [0.3, 0.4) is 0 Å². The summed E-state index contributed by atoms with van der Waals surface area (Å²) in [5.41, 5.74) is 1.48. The van der Waals surface area contributed by atoms with E-state index in [1.54, 1.807) is 18.3 Å². The third kappa shape index (κ3) is 3.84. The second kappa shape index (κ2) is 7.50. The maximum absolute atomic E-state index is 12.6. The van der Waals surface area contributed by atoms with Crippen LogP contribution >= 0.6 is 0 Å². The second-order valence-corrected chi connectivity index (χ2v) is 5.50. The SMILES string of the molecule is COc1[nH]c(/C=C\c2ccc[nH]2)c(C(=O)O)c(=O)c1CC=C(C)C. The molecule has 0 aliphatic rings. The van der Waals surface area contributed by atoms with Crippen LogP contribution in [0.25, 0.3) is 12.2 Å². The minimum Gasteiger partial charge on any atom is -0.482 e. The number of pyridine rings is 1. The number of ether oxygens (including phenoxy) is 1. The van der Waals surface area contributed by atoms with E-state index in [0.29, 0.717) is 12.0 Å². The highest BCUT2D eigenvalue weighted by molar-refractivity contribution is 5.92. The molecular formula is C18H20N2O4. The molecular weight excluding hydrogens is 308 g/mol. The van der Waals surface area contributed by atoms with Crippen molar-refractivity contribution in [3.8, 4) is 5.88 Å². The molecule has 0 atom stereocenters. The molecule has 2 aromatic rings. The zero-order valence-corrected chi connectivity index (χ0v) is 13.8. The fourth-order valence-corrected chi connectivity index (χ4v) is 2.26. The molecule has 2 heterocycles. The van der Waals surface area contributed by atoms with Crippen LogP contribution in [-0.2, 0) is 6.42 Å². The van der Waals surface area contributed by atoms with Gasteiger partial charge in [-0.3, -0.25) is 4.79 Å². The van der Waals surface area contributed by atoms with Crippen molar-refractivity contribution in [2.75, 3.05) is 7.11 Å². The first kappa shape index (κ1) is 17.3. The molecule has 0 saturated carbocycles. The lowest BCUT2D eigenvalue weighted by Gasteiger charge is -2.10. The Labute approximate surface area is 139 Å². The fourth-order valence-electron chi connectivity index (χ4n) is 2.26. The van der Waals surface area contributed by atoms with E-state index in [1.807, 2.05) is 32.1 Å². The predicted octanol–water partition coefficient (Wildman–Crippen LogP) is 3.09. The molecule has 0 fully saturated rings. The predicted molar refractivity (Wildman–Crippen MR) is 93.4 cm³/mol. The quantitative estimate of drug-likeness (QED) is 0.710. The van der Waals surface area contributed by atoms with Crippen molar-refractivity contribution in [2.24, 2.45) is 0 Å². The summed E-state index contributed by atoms with van der Waals surface area (Å²) in [5, 5.41) is 9.45. The molecule has 2 aromatic heterocycles. The van der Waals surface area contributed by atoms with Crippen molar-refractivity contribution >= 4 is 18.1 Å². The topological polar surface area (TPSA) is 95.2 Å². The first-order chi connectivity index (χ1) is 11.4. The number of allylic oxidation sites excluding steroid dienone is 2. The van der Waals surface area contributed by atoms with Crippen LogP contribution in [0.4, 0.5) is 0 Å². The normalized spacial score (nSPS) is 10.8. The van der Waals surface area contributed by atoms with Gasteiger partial charge in [-0.15, -0.1) is 0 Å². The van der Waals surface area contributed by atoms with Gasteiger partial charge in [0.05, 0.1) is 18.4 Å². The Kier molecular flexibility index (Phi) is 5.42. The van der Waals surface area contributed by atoms with E-state index in [9.17, 15) is 14.7 Å². The summed E-state index contributed by atoms with van der Waals surface area (Å²) < 4.78 is 5.25. The standard InChI is InChI=1S/C18H20N2O4/c1-11(2)6-8-13-16(21)15(18(22)23)14(20-17(13)24-3)9-7-12-5-4-10-19-12/h4-7,9-10,19H,8H2,1-3H3,(H,20,21)(H,22,23)/b9-7-. The highest BCUT2D eigenvalue weighted by Gasteiger charge is 2.20. The van der Waals surface area contributed by atoms with Crippen LogP contribution in [0, 0.1) is 0 Å². The fraction of sp³-hybridized carbons (Fsp3) is 0.222. The van der Waals surface area contributed by atoms with Crippen molar-refractivity contribution in [1.82, 2.24) is 9.97 Å². The van der Waals surface area contributed by atoms with Crippen LogP contribution in [0.15, 0.2) is 34.8 Å². The number of carboxylic acids is 1. The van der Waals surface area contributed by atoms with Gasteiger partial charge in [0.15, 0.2) is 5.88 Å². The molecule has 0 aromatic carbocycles. The van der Waals surface area contributed by atoms with Gasteiger partial charge in [-0.25, -0.2) is 4.79 Å². The van der Waals surface area contributed by atoms with E-state index in [2.05, 4.69) is 9.97 Å². The Morgan fingerprint density at radius 3 is 2.62 bits per heavy atom. The van der Waals surface area contributed by atoms with Crippen molar-refractivity contribution in [3.63, 3.8) is 0 Å². The highest BCUT2D eigenvalue weighted by Crippen LogP contribution is 2.18. The number of aromatic amines is 2. The monoisotopic (exact) mass is 328 g/mol. The molecule has 0 unspecified atom stereocenters. The Morgan fingerprint density at radius 1 is 1.33 bits per heavy atom. The second-order valence-electron chi connectivity index (χ2n) is 5.50. The molecule has 0 saturated heterocycles. The lowest BCUT2D eigenvalue weighted by Crippen LogP contribution is -2.22. The highest BCUT2D eigenvalue weighted by atomic mass is 16.5. The van der Waals surface area contributed by atoms with E-state index >= 15 is 0 Å². The summed E-state index contributed by atoms with van der Waals surface area (Å²) in [6.45, 7) is 3.82. The molecule has 0 bridgehead atoms. The van der Waals surface area contributed by atoms with Gasteiger partial charge in [-0.1, -0.05) is 11.6 Å². The van der Waals surface area contributed by atoms with Crippen molar-refractivity contribution < 1.29 is 14.6 Å². The van der Waals surface area contributed by atoms with E-state index < -0.39 is 11.4 Å². The largest absolute Gasteiger partial charge is 0.482 e. The molecule has 3 N–H and O–H groups in total. The van der Waals surface area contributed by atoms with Gasteiger partial charge in [0, 0.05) is 11.9 Å². The third-order valence-corrected chi connectivity index (χ3v) is 3.48. The number of H-pyrrole nitrogens is 2. The Hall–Kier alpha value is -3.02. The maximum Gasteiger partial charge on any atom is 0.341 e. The molecule has 0 aliphatic carbocycles. The molecule has 2 rings (SSSR count). The summed E-state index contributed by atoms with van der Waals surface area (Å²) in [6, 6.07) is 3.65. The molecule has 0 spiro atoms.